The minimum absolute atomic E-state index is 0.492. The van der Waals surface area contributed by atoms with Crippen molar-refractivity contribution in [3.63, 3.8) is 0 Å². The van der Waals surface area contributed by atoms with Crippen LogP contribution in [-0.2, 0) is 19.5 Å². The molecule has 5 nitrogen and oxygen atoms in total. The van der Waals surface area contributed by atoms with Gasteiger partial charge in [-0.15, -0.1) is 0 Å². The number of guanidine groups is 1. The third-order valence-electron chi connectivity index (χ3n) is 3.51. The molecule has 0 spiro atoms. The van der Waals surface area contributed by atoms with E-state index in [-0.39, 0.29) is 0 Å². The molecule has 22 heavy (non-hydrogen) atoms. The molecule has 0 aliphatic carbocycles. The van der Waals surface area contributed by atoms with Crippen LogP contribution in [0.25, 0.3) is 0 Å². The fourth-order valence-electron chi connectivity index (χ4n) is 2.19. The van der Waals surface area contributed by atoms with Crippen LogP contribution in [0.1, 0.15) is 31.2 Å². The van der Waals surface area contributed by atoms with Gasteiger partial charge in [-0.25, -0.2) is 9.98 Å². The lowest BCUT2D eigenvalue weighted by molar-refractivity contribution is 0.650. The minimum atomic E-state index is 0.492. The van der Waals surface area contributed by atoms with Crippen LogP contribution in [0.15, 0.2) is 47.7 Å². The van der Waals surface area contributed by atoms with E-state index in [2.05, 4.69) is 51.0 Å². The van der Waals surface area contributed by atoms with Crippen molar-refractivity contribution in [3.8, 4) is 0 Å². The van der Waals surface area contributed by atoms with E-state index >= 15 is 0 Å². The first-order valence-corrected chi connectivity index (χ1v) is 7.87. The van der Waals surface area contributed by atoms with Crippen molar-refractivity contribution < 1.29 is 0 Å². The summed E-state index contributed by atoms with van der Waals surface area (Å²) < 4.78 is 2.13. The average molecular weight is 299 g/mol. The van der Waals surface area contributed by atoms with E-state index in [1.165, 1.54) is 5.56 Å². The second kappa shape index (κ2) is 8.87. The summed E-state index contributed by atoms with van der Waals surface area (Å²) in [5.74, 6) is 1.43. The topological polar surface area (TPSA) is 68.2 Å². The van der Waals surface area contributed by atoms with Gasteiger partial charge in [0, 0.05) is 25.5 Å². The lowest BCUT2D eigenvalue weighted by Crippen LogP contribution is -2.32. The van der Waals surface area contributed by atoms with Gasteiger partial charge in [0.15, 0.2) is 5.96 Å². The molecule has 118 valence electrons. The number of aromatic nitrogens is 2. The molecule has 0 saturated carbocycles. The summed E-state index contributed by atoms with van der Waals surface area (Å²) in [4.78, 5) is 8.72. The summed E-state index contributed by atoms with van der Waals surface area (Å²) in [6.45, 7) is 4.43. The van der Waals surface area contributed by atoms with Crippen LogP contribution in [0.3, 0.4) is 0 Å². The first kappa shape index (κ1) is 16.1. The van der Waals surface area contributed by atoms with Crippen molar-refractivity contribution in [3.05, 3.63) is 54.1 Å². The second-order valence-electron chi connectivity index (χ2n) is 5.25. The van der Waals surface area contributed by atoms with Gasteiger partial charge in [-0.2, -0.15) is 0 Å². The van der Waals surface area contributed by atoms with E-state index < -0.39 is 0 Å². The smallest absolute Gasteiger partial charge is 0.189 e. The molecule has 1 aromatic carbocycles. The number of aryl methyl sites for hydroxylation is 2. The number of aliphatic imine (C=N–C) groups is 1. The SMILES string of the molecule is CCCCNC(N)=NCc1nccn1CCc1ccccc1. The van der Waals surface area contributed by atoms with Gasteiger partial charge in [0.05, 0.1) is 0 Å². The maximum absolute atomic E-state index is 5.85. The molecule has 0 atom stereocenters. The van der Waals surface area contributed by atoms with Crippen molar-refractivity contribution in [2.24, 2.45) is 10.7 Å². The maximum Gasteiger partial charge on any atom is 0.189 e. The fraction of sp³-hybridized carbons (Fsp3) is 0.412. The van der Waals surface area contributed by atoms with Crippen molar-refractivity contribution in [1.82, 2.24) is 14.9 Å². The zero-order valence-electron chi connectivity index (χ0n) is 13.2. The number of benzene rings is 1. The Hall–Kier alpha value is -2.30. The van der Waals surface area contributed by atoms with Crippen LogP contribution in [0.5, 0.6) is 0 Å². The summed E-state index contributed by atoms with van der Waals surface area (Å²) in [5, 5.41) is 3.11. The summed E-state index contributed by atoms with van der Waals surface area (Å²) in [5.41, 5.74) is 7.17. The standard InChI is InChI=1S/C17H25N5/c1-2-3-10-20-17(18)21-14-16-19-11-13-22(16)12-9-15-7-5-4-6-8-15/h4-8,11,13H,2-3,9-10,12,14H2,1H3,(H3,18,20,21). The van der Waals surface area contributed by atoms with Crippen LogP contribution in [0.4, 0.5) is 0 Å². The number of rotatable bonds is 8. The van der Waals surface area contributed by atoms with Gasteiger partial charge in [-0.05, 0) is 18.4 Å². The van der Waals surface area contributed by atoms with E-state index in [4.69, 9.17) is 5.73 Å². The quantitative estimate of drug-likeness (QED) is 0.446. The van der Waals surface area contributed by atoms with Crippen LogP contribution in [0.2, 0.25) is 0 Å². The normalized spacial score (nSPS) is 11.6. The molecule has 1 aromatic heterocycles. The lowest BCUT2D eigenvalue weighted by atomic mass is 10.1. The number of nitrogens with one attached hydrogen (secondary N) is 1. The zero-order chi connectivity index (χ0) is 15.6. The molecule has 2 rings (SSSR count). The van der Waals surface area contributed by atoms with Crippen LogP contribution >= 0.6 is 0 Å². The molecule has 0 aliphatic rings. The van der Waals surface area contributed by atoms with Gasteiger partial charge >= 0.3 is 0 Å². The third kappa shape index (κ3) is 5.24. The number of unbranched alkanes of at least 4 members (excludes halogenated alkanes) is 1. The van der Waals surface area contributed by atoms with Crippen LogP contribution < -0.4 is 11.1 Å². The summed E-state index contributed by atoms with van der Waals surface area (Å²) in [6.07, 6.45) is 7.04. The van der Waals surface area contributed by atoms with E-state index in [9.17, 15) is 0 Å². The Kier molecular flexibility index (Phi) is 6.48. The number of hydrogen-bond donors (Lipinski definition) is 2. The van der Waals surface area contributed by atoms with E-state index in [0.29, 0.717) is 12.5 Å². The molecule has 1 heterocycles. The van der Waals surface area contributed by atoms with Gasteiger partial charge in [-0.3, -0.25) is 0 Å². The summed E-state index contributed by atoms with van der Waals surface area (Å²) in [6, 6.07) is 10.5. The molecule has 0 bridgehead atoms. The van der Waals surface area contributed by atoms with Gasteiger partial charge in [0.2, 0.25) is 0 Å². The lowest BCUT2D eigenvalue weighted by Gasteiger charge is -2.07. The largest absolute Gasteiger partial charge is 0.370 e. The predicted octanol–water partition coefficient (Wildman–Crippen LogP) is 2.33. The molecule has 2 aromatic rings. The predicted molar refractivity (Wildman–Crippen MR) is 90.6 cm³/mol. The number of imidazole rings is 1. The number of nitrogens with two attached hydrogens (primary N) is 1. The van der Waals surface area contributed by atoms with Crippen LogP contribution in [-0.4, -0.2) is 22.1 Å². The van der Waals surface area contributed by atoms with Crippen molar-refractivity contribution >= 4 is 5.96 Å². The highest BCUT2D eigenvalue weighted by molar-refractivity contribution is 5.77. The van der Waals surface area contributed by atoms with Crippen molar-refractivity contribution in [1.29, 1.82) is 0 Å². The molecule has 0 aliphatic heterocycles. The molecule has 5 heteroatoms. The fourth-order valence-corrected chi connectivity index (χ4v) is 2.19. The Labute approximate surface area is 132 Å². The third-order valence-corrected chi connectivity index (χ3v) is 3.51. The molecule has 0 radical (unpaired) electrons. The maximum atomic E-state index is 5.85. The Morgan fingerprint density at radius 1 is 1.32 bits per heavy atom. The second-order valence-corrected chi connectivity index (χ2v) is 5.25. The molecule has 0 unspecified atom stereocenters. The molecular weight excluding hydrogens is 274 g/mol. The first-order chi connectivity index (χ1) is 10.8. The Balaban J connectivity index is 1.85. The van der Waals surface area contributed by atoms with E-state index in [1.54, 1.807) is 0 Å². The molecule has 0 amide bonds. The van der Waals surface area contributed by atoms with Gasteiger partial charge < -0.3 is 15.6 Å². The Morgan fingerprint density at radius 3 is 2.91 bits per heavy atom. The number of nitrogens with zero attached hydrogens (tertiary/aromatic N) is 3. The highest BCUT2D eigenvalue weighted by atomic mass is 15.1. The Bertz CT molecular complexity index is 574. The highest BCUT2D eigenvalue weighted by Crippen LogP contribution is 2.05. The van der Waals surface area contributed by atoms with Gasteiger partial charge in [0.1, 0.15) is 12.4 Å². The van der Waals surface area contributed by atoms with Crippen molar-refractivity contribution in [2.75, 3.05) is 6.54 Å². The minimum Gasteiger partial charge on any atom is -0.370 e. The first-order valence-electron chi connectivity index (χ1n) is 7.87. The van der Waals surface area contributed by atoms with E-state index in [1.807, 2.05) is 18.5 Å². The van der Waals surface area contributed by atoms with Gasteiger partial charge in [-0.1, -0.05) is 43.7 Å². The Morgan fingerprint density at radius 2 is 2.14 bits per heavy atom. The highest BCUT2D eigenvalue weighted by Gasteiger charge is 2.02. The van der Waals surface area contributed by atoms with E-state index in [0.717, 1.165) is 38.2 Å². The molecule has 3 N–H and O–H groups in total. The average Bonchev–Trinajstić information content (AvgIpc) is 3.00. The zero-order valence-corrected chi connectivity index (χ0v) is 13.2. The van der Waals surface area contributed by atoms with Gasteiger partial charge in [0.25, 0.3) is 0 Å². The molecular formula is C17H25N5. The number of hydrogen-bond acceptors (Lipinski definition) is 2. The molecule has 0 saturated heterocycles. The monoisotopic (exact) mass is 299 g/mol. The van der Waals surface area contributed by atoms with Crippen molar-refractivity contribution in [2.45, 2.75) is 39.3 Å². The molecule has 0 fully saturated rings. The summed E-state index contributed by atoms with van der Waals surface area (Å²) in [7, 11) is 0. The van der Waals surface area contributed by atoms with Crippen LogP contribution in [0, 0.1) is 0 Å². The summed E-state index contributed by atoms with van der Waals surface area (Å²) >= 11 is 0.